The summed E-state index contributed by atoms with van der Waals surface area (Å²) in [5, 5.41) is 3.33. The molecular formula is C16H27N5. The molecule has 0 spiro atoms. The molecule has 5 heteroatoms. The molecule has 2 aliphatic heterocycles. The zero-order valence-corrected chi connectivity index (χ0v) is 13.5. The van der Waals surface area contributed by atoms with E-state index in [4.69, 9.17) is 4.98 Å². The molecule has 21 heavy (non-hydrogen) atoms. The van der Waals surface area contributed by atoms with Crippen molar-refractivity contribution in [3.05, 3.63) is 11.9 Å². The Bertz CT molecular complexity index is 490. The van der Waals surface area contributed by atoms with Crippen LogP contribution in [0.4, 0.5) is 11.6 Å². The number of fused-ring (bicyclic) bond motifs is 2. The number of nitrogens with one attached hydrogen (secondary N) is 1. The van der Waals surface area contributed by atoms with Gasteiger partial charge in [0.15, 0.2) is 0 Å². The van der Waals surface area contributed by atoms with Crippen LogP contribution < -0.4 is 10.2 Å². The Hall–Kier alpha value is -1.36. The average molecular weight is 289 g/mol. The van der Waals surface area contributed by atoms with Crippen LogP contribution in [0.3, 0.4) is 0 Å². The van der Waals surface area contributed by atoms with Gasteiger partial charge in [0.25, 0.3) is 0 Å². The van der Waals surface area contributed by atoms with E-state index < -0.39 is 0 Å². The van der Waals surface area contributed by atoms with E-state index in [1.54, 1.807) is 0 Å². The first-order valence-electron chi connectivity index (χ1n) is 8.30. The third kappa shape index (κ3) is 2.98. The lowest BCUT2D eigenvalue weighted by atomic mass is 10.1. The summed E-state index contributed by atoms with van der Waals surface area (Å²) < 4.78 is 0. The number of nitrogens with zero attached hydrogens (tertiary/aromatic N) is 4. The Labute approximate surface area is 127 Å². The normalized spacial score (nSPS) is 26.0. The zero-order chi connectivity index (χ0) is 14.8. The predicted octanol–water partition coefficient (Wildman–Crippen LogP) is 2.14. The molecule has 0 saturated carbocycles. The summed E-state index contributed by atoms with van der Waals surface area (Å²) in [7, 11) is 2.29. The van der Waals surface area contributed by atoms with Crippen molar-refractivity contribution in [1.82, 2.24) is 14.9 Å². The summed E-state index contributed by atoms with van der Waals surface area (Å²) in [6.45, 7) is 7.32. The predicted molar refractivity (Wildman–Crippen MR) is 87.0 cm³/mol. The second-order valence-corrected chi connectivity index (χ2v) is 6.20. The van der Waals surface area contributed by atoms with Crippen LogP contribution in [0.25, 0.3) is 0 Å². The minimum atomic E-state index is 0.681. The quantitative estimate of drug-likeness (QED) is 0.920. The van der Waals surface area contributed by atoms with Crippen LogP contribution >= 0.6 is 0 Å². The molecule has 1 aromatic rings. The highest BCUT2D eigenvalue weighted by molar-refractivity contribution is 5.50. The van der Waals surface area contributed by atoms with Crippen molar-refractivity contribution in [1.29, 1.82) is 0 Å². The number of anilines is 2. The van der Waals surface area contributed by atoms with E-state index in [2.05, 4.69) is 47.1 Å². The van der Waals surface area contributed by atoms with Crippen molar-refractivity contribution in [3.8, 4) is 0 Å². The number of rotatable bonds is 4. The van der Waals surface area contributed by atoms with Crippen LogP contribution in [0.1, 0.15) is 38.9 Å². The number of aryl methyl sites for hydroxylation is 1. The van der Waals surface area contributed by atoms with Crippen molar-refractivity contribution >= 4 is 11.6 Å². The lowest BCUT2D eigenvalue weighted by Gasteiger charge is -2.27. The van der Waals surface area contributed by atoms with Crippen LogP contribution in [0.5, 0.6) is 0 Å². The van der Waals surface area contributed by atoms with Gasteiger partial charge in [-0.3, -0.25) is 4.90 Å². The van der Waals surface area contributed by atoms with Crippen molar-refractivity contribution in [3.63, 3.8) is 0 Å². The third-order valence-corrected chi connectivity index (χ3v) is 4.91. The van der Waals surface area contributed by atoms with Crippen LogP contribution in [-0.4, -0.2) is 53.6 Å². The molecule has 2 atom stereocenters. The Balaban J connectivity index is 1.83. The zero-order valence-electron chi connectivity index (χ0n) is 13.5. The van der Waals surface area contributed by atoms with Gasteiger partial charge in [0.2, 0.25) is 0 Å². The maximum Gasteiger partial charge on any atom is 0.134 e. The molecule has 2 aliphatic rings. The molecule has 2 fully saturated rings. The minimum absolute atomic E-state index is 0.681. The maximum atomic E-state index is 4.76. The highest BCUT2D eigenvalue weighted by Crippen LogP contribution is 2.30. The Morgan fingerprint density at radius 1 is 1.19 bits per heavy atom. The van der Waals surface area contributed by atoms with Crippen LogP contribution in [-0.2, 0) is 6.42 Å². The van der Waals surface area contributed by atoms with Gasteiger partial charge in [-0.05, 0) is 33.2 Å². The second kappa shape index (κ2) is 6.18. The topological polar surface area (TPSA) is 44.3 Å². The van der Waals surface area contributed by atoms with Crippen molar-refractivity contribution < 1.29 is 0 Å². The number of hydrogen-bond acceptors (Lipinski definition) is 5. The highest BCUT2D eigenvalue weighted by atomic mass is 15.3. The Morgan fingerprint density at radius 3 is 2.76 bits per heavy atom. The van der Waals surface area contributed by atoms with Crippen molar-refractivity contribution in [2.45, 2.75) is 51.6 Å². The molecule has 0 aromatic carbocycles. The van der Waals surface area contributed by atoms with E-state index >= 15 is 0 Å². The van der Waals surface area contributed by atoms with Crippen molar-refractivity contribution in [2.24, 2.45) is 0 Å². The van der Waals surface area contributed by atoms with Gasteiger partial charge >= 0.3 is 0 Å². The molecule has 2 bridgehead atoms. The average Bonchev–Trinajstić information content (AvgIpc) is 2.72. The SMILES string of the molecule is CCNc1cc(N2CCC3CCC(C2)N3C)nc(CC)n1. The van der Waals surface area contributed by atoms with Gasteiger partial charge < -0.3 is 10.2 Å². The summed E-state index contributed by atoms with van der Waals surface area (Å²) in [6.07, 6.45) is 4.81. The smallest absolute Gasteiger partial charge is 0.134 e. The summed E-state index contributed by atoms with van der Waals surface area (Å²) in [6, 6.07) is 3.56. The fraction of sp³-hybridized carbons (Fsp3) is 0.750. The van der Waals surface area contributed by atoms with E-state index in [1.807, 2.05) is 0 Å². The first kappa shape index (κ1) is 14.6. The Kier molecular flexibility index (Phi) is 4.29. The number of aromatic nitrogens is 2. The monoisotopic (exact) mass is 289 g/mol. The standard InChI is InChI=1S/C16H27N5/c1-4-14-18-15(17-5-2)10-16(19-14)21-9-8-12-6-7-13(11-21)20(12)3/h10,12-13H,4-9,11H2,1-3H3,(H,17,18,19). The van der Waals surface area contributed by atoms with Gasteiger partial charge in [-0.15, -0.1) is 0 Å². The highest BCUT2D eigenvalue weighted by Gasteiger charge is 2.35. The molecule has 0 aliphatic carbocycles. The maximum absolute atomic E-state index is 4.76. The van der Waals surface area contributed by atoms with Gasteiger partial charge in [0.05, 0.1) is 0 Å². The molecule has 0 radical (unpaired) electrons. The molecular weight excluding hydrogens is 262 g/mol. The van der Waals surface area contributed by atoms with E-state index in [0.29, 0.717) is 6.04 Å². The first-order chi connectivity index (χ1) is 10.2. The van der Waals surface area contributed by atoms with E-state index in [-0.39, 0.29) is 0 Å². The fourth-order valence-corrected chi connectivity index (χ4v) is 3.59. The molecule has 2 unspecified atom stereocenters. The molecule has 1 N–H and O–H groups in total. The molecule has 2 saturated heterocycles. The second-order valence-electron chi connectivity index (χ2n) is 6.20. The van der Waals surface area contributed by atoms with Gasteiger partial charge in [-0.1, -0.05) is 6.92 Å². The molecule has 3 rings (SSSR count). The lowest BCUT2D eigenvalue weighted by Crippen LogP contribution is -2.37. The van der Waals surface area contributed by atoms with Crippen LogP contribution in [0.2, 0.25) is 0 Å². The minimum Gasteiger partial charge on any atom is -0.370 e. The first-order valence-corrected chi connectivity index (χ1v) is 8.30. The van der Waals surface area contributed by atoms with Gasteiger partial charge in [-0.25, -0.2) is 9.97 Å². The largest absolute Gasteiger partial charge is 0.370 e. The van der Waals surface area contributed by atoms with Crippen molar-refractivity contribution in [2.75, 3.05) is 36.9 Å². The summed E-state index contributed by atoms with van der Waals surface area (Å²) in [5.41, 5.74) is 0. The van der Waals surface area contributed by atoms with Crippen LogP contribution in [0.15, 0.2) is 6.07 Å². The van der Waals surface area contributed by atoms with Gasteiger partial charge in [-0.2, -0.15) is 0 Å². The summed E-state index contributed by atoms with van der Waals surface area (Å²) >= 11 is 0. The third-order valence-electron chi connectivity index (χ3n) is 4.91. The van der Waals surface area contributed by atoms with Crippen LogP contribution in [0, 0.1) is 0 Å². The Morgan fingerprint density at radius 2 is 2.00 bits per heavy atom. The van der Waals surface area contributed by atoms with E-state index in [0.717, 1.165) is 49.6 Å². The number of likely N-dealkylation sites (N-methyl/N-ethyl adjacent to an activating group) is 1. The van der Waals surface area contributed by atoms with Gasteiger partial charge in [0, 0.05) is 44.2 Å². The molecule has 5 nitrogen and oxygen atoms in total. The van der Waals surface area contributed by atoms with E-state index in [9.17, 15) is 0 Å². The van der Waals surface area contributed by atoms with Gasteiger partial charge in [0.1, 0.15) is 17.5 Å². The molecule has 3 heterocycles. The lowest BCUT2D eigenvalue weighted by molar-refractivity contribution is 0.254. The fourth-order valence-electron chi connectivity index (χ4n) is 3.59. The molecule has 116 valence electrons. The molecule has 0 amide bonds. The summed E-state index contributed by atoms with van der Waals surface area (Å²) in [4.78, 5) is 14.4. The molecule has 1 aromatic heterocycles. The van der Waals surface area contributed by atoms with E-state index in [1.165, 1.54) is 19.3 Å². The summed E-state index contributed by atoms with van der Waals surface area (Å²) in [5.74, 6) is 2.99. The number of hydrogen-bond donors (Lipinski definition) is 1.